The first-order valence-corrected chi connectivity index (χ1v) is 6.49. The summed E-state index contributed by atoms with van der Waals surface area (Å²) in [6.45, 7) is 3.94. The number of carbonyl (C=O) groups is 1. The van der Waals surface area contributed by atoms with Crippen LogP contribution in [0.4, 0.5) is 0 Å². The molecule has 0 aromatic carbocycles. The maximum absolute atomic E-state index is 10.5. The molecule has 90 valence electrons. The van der Waals surface area contributed by atoms with E-state index in [0.29, 0.717) is 17.8 Å². The van der Waals surface area contributed by atoms with Gasteiger partial charge in [0.1, 0.15) is 5.76 Å². The highest BCUT2D eigenvalue weighted by atomic mass is 79.9. The number of carboxylic acids is 1. The van der Waals surface area contributed by atoms with Crippen molar-refractivity contribution >= 4 is 37.8 Å². The smallest absolute Gasteiger partial charge is 0.304 e. The van der Waals surface area contributed by atoms with E-state index in [1.807, 2.05) is 17.9 Å². The zero-order chi connectivity index (χ0) is 12.1. The highest BCUT2D eigenvalue weighted by Gasteiger charge is 2.11. The minimum absolute atomic E-state index is 0.150. The summed E-state index contributed by atoms with van der Waals surface area (Å²) < 4.78 is 6.97. The predicted molar refractivity (Wildman–Crippen MR) is 67.3 cm³/mol. The Morgan fingerprint density at radius 3 is 2.69 bits per heavy atom. The number of aliphatic carboxylic acids is 1. The fourth-order valence-electron chi connectivity index (χ4n) is 1.29. The summed E-state index contributed by atoms with van der Waals surface area (Å²) in [6, 6.07) is 1.88. The summed E-state index contributed by atoms with van der Waals surface area (Å²) in [5.41, 5.74) is 0. The van der Waals surface area contributed by atoms with Gasteiger partial charge in [-0.25, -0.2) is 0 Å². The van der Waals surface area contributed by atoms with Crippen molar-refractivity contribution in [2.75, 3.05) is 13.1 Å². The van der Waals surface area contributed by atoms with Gasteiger partial charge in [0, 0.05) is 6.54 Å². The van der Waals surface area contributed by atoms with Gasteiger partial charge in [0.15, 0.2) is 4.67 Å². The van der Waals surface area contributed by atoms with E-state index in [2.05, 4.69) is 31.9 Å². The van der Waals surface area contributed by atoms with Gasteiger partial charge in [0.05, 0.1) is 17.4 Å². The van der Waals surface area contributed by atoms with E-state index in [9.17, 15) is 4.79 Å². The van der Waals surface area contributed by atoms with Crippen LogP contribution >= 0.6 is 31.9 Å². The number of rotatable bonds is 6. The highest BCUT2D eigenvalue weighted by molar-refractivity contribution is 9.13. The number of halogens is 2. The standard InChI is InChI=1S/C10H13Br2NO3/c1-2-13(4-3-9(14)15)6-7-5-8(11)10(12)16-7/h5H,2-4,6H2,1H3,(H,14,15). The maximum atomic E-state index is 10.5. The molecule has 0 radical (unpaired) electrons. The topological polar surface area (TPSA) is 53.7 Å². The molecule has 0 fully saturated rings. The quantitative estimate of drug-likeness (QED) is 0.852. The van der Waals surface area contributed by atoms with Crippen molar-refractivity contribution in [3.63, 3.8) is 0 Å². The van der Waals surface area contributed by atoms with E-state index in [-0.39, 0.29) is 6.42 Å². The SMILES string of the molecule is CCN(CCC(=O)O)Cc1cc(Br)c(Br)o1. The van der Waals surface area contributed by atoms with Gasteiger partial charge in [-0.1, -0.05) is 6.92 Å². The molecule has 4 nitrogen and oxygen atoms in total. The molecule has 0 atom stereocenters. The Balaban J connectivity index is 2.52. The lowest BCUT2D eigenvalue weighted by Gasteiger charge is -2.17. The zero-order valence-electron chi connectivity index (χ0n) is 8.87. The van der Waals surface area contributed by atoms with Crippen LogP contribution in [0.5, 0.6) is 0 Å². The number of hydrogen-bond donors (Lipinski definition) is 1. The molecule has 1 aromatic rings. The van der Waals surface area contributed by atoms with Gasteiger partial charge in [-0.15, -0.1) is 0 Å². The molecule has 6 heteroatoms. The molecular formula is C10H13Br2NO3. The van der Waals surface area contributed by atoms with Crippen LogP contribution in [0.15, 0.2) is 19.6 Å². The third kappa shape index (κ3) is 4.27. The molecule has 0 aliphatic carbocycles. The van der Waals surface area contributed by atoms with Gasteiger partial charge in [0.25, 0.3) is 0 Å². The molecule has 0 spiro atoms. The number of nitrogens with zero attached hydrogens (tertiary/aromatic N) is 1. The Morgan fingerprint density at radius 2 is 2.25 bits per heavy atom. The normalized spacial score (nSPS) is 11.0. The highest BCUT2D eigenvalue weighted by Crippen LogP contribution is 2.27. The van der Waals surface area contributed by atoms with Crippen LogP contribution in [0.2, 0.25) is 0 Å². The molecule has 1 aromatic heterocycles. The van der Waals surface area contributed by atoms with Crippen LogP contribution < -0.4 is 0 Å². The van der Waals surface area contributed by atoms with Crippen LogP contribution in [-0.4, -0.2) is 29.1 Å². The number of hydrogen-bond acceptors (Lipinski definition) is 3. The number of furan rings is 1. The molecule has 1 N–H and O–H groups in total. The molecule has 0 aliphatic rings. The van der Waals surface area contributed by atoms with Gasteiger partial charge < -0.3 is 9.52 Å². The summed E-state index contributed by atoms with van der Waals surface area (Å²) in [4.78, 5) is 12.5. The van der Waals surface area contributed by atoms with Crippen molar-refractivity contribution in [3.8, 4) is 0 Å². The second-order valence-corrected chi connectivity index (χ2v) is 4.92. The third-order valence-electron chi connectivity index (χ3n) is 2.16. The lowest BCUT2D eigenvalue weighted by molar-refractivity contribution is -0.137. The summed E-state index contributed by atoms with van der Waals surface area (Å²) >= 11 is 6.60. The summed E-state index contributed by atoms with van der Waals surface area (Å²) in [5, 5.41) is 8.61. The summed E-state index contributed by atoms with van der Waals surface area (Å²) in [6.07, 6.45) is 0.150. The average molecular weight is 355 g/mol. The van der Waals surface area contributed by atoms with E-state index >= 15 is 0 Å². The van der Waals surface area contributed by atoms with E-state index in [1.54, 1.807) is 0 Å². The molecule has 0 unspecified atom stereocenters. The fourth-order valence-corrected chi connectivity index (χ4v) is 1.95. The minimum atomic E-state index is -0.778. The molecular weight excluding hydrogens is 342 g/mol. The predicted octanol–water partition coefficient (Wildman–Crippen LogP) is 3.10. The lowest BCUT2D eigenvalue weighted by Crippen LogP contribution is -2.25. The second-order valence-electron chi connectivity index (χ2n) is 3.35. The van der Waals surface area contributed by atoms with Gasteiger partial charge in [-0.3, -0.25) is 9.69 Å². The van der Waals surface area contributed by atoms with Gasteiger partial charge >= 0.3 is 5.97 Å². The van der Waals surface area contributed by atoms with Crippen molar-refractivity contribution in [2.24, 2.45) is 0 Å². The van der Waals surface area contributed by atoms with Gasteiger partial charge in [-0.2, -0.15) is 0 Å². The first kappa shape index (κ1) is 13.7. The first-order valence-electron chi connectivity index (χ1n) is 4.90. The van der Waals surface area contributed by atoms with Crippen molar-refractivity contribution in [2.45, 2.75) is 19.9 Å². The Kier molecular flexibility index (Phi) is 5.51. The molecule has 1 rings (SSSR count). The van der Waals surface area contributed by atoms with Crippen LogP contribution in [0.25, 0.3) is 0 Å². The second kappa shape index (κ2) is 6.42. The summed E-state index contributed by atoms with van der Waals surface area (Å²) in [5.74, 6) is 0.0336. The van der Waals surface area contributed by atoms with Crippen molar-refractivity contribution < 1.29 is 14.3 Å². The van der Waals surface area contributed by atoms with E-state index in [0.717, 1.165) is 16.8 Å². The molecule has 0 saturated heterocycles. The van der Waals surface area contributed by atoms with Gasteiger partial charge in [0.2, 0.25) is 0 Å². The maximum Gasteiger partial charge on any atom is 0.304 e. The molecule has 0 amide bonds. The fraction of sp³-hybridized carbons (Fsp3) is 0.500. The summed E-state index contributed by atoms with van der Waals surface area (Å²) in [7, 11) is 0. The Hall–Kier alpha value is -0.330. The number of carboxylic acid groups (broad SMARTS) is 1. The molecule has 0 bridgehead atoms. The Labute approximate surface area is 111 Å². The average Bonchev–Trinajstić information content (AvgIpc) is 2.52. The zero-order valence-corrected chi connectivity index (χ0v) is 12.0. The van der Waals surface area contributed by atoms with Crippen molar-refractivity contribution in [3.05, 3.63) is 21.0 Å². The lowest BCUT2D eigenvalue weighted by atomic mass is 10.3. The Bertz CT molecular complexity index is 345. The molecule has 1 heterocycles. The largest absolute Gasteiger partial charge is 0.481 e. The van der Waals surface area contributed by atoms with Crippen LogP contribution in [0.3, 0.4) is 0 Å². The Morgan fingerprint density at radius 1 is 1.56 bits per heavy atom. The molecule has 0 aliphatic heterocycles. The van der Waals surface area contributed by atoms with Gasteiger partial charge in [-0.05, 0) is 44.5 Å². The van der Waals surface area contributed by atoms with Crippen LogP contribution in [0, 0.1) is 0 Å². The van der Waals surface area contributed by atoms with E-state index in [4.69, 9.17) is 9.52 Å². The van der Waals surface area contributed by atoms with Crippen LogP contribution in [-0.2, 0) is 11.3 Å². The minimum Gasteiger partial charge on any atom is -0.481 e. The molecule has 0 saturated carbocycles. The van der Waals surface area contributed by atoms with Crippen molar-refractivity contribution in [1.82, 2.24) is 4.90 Å². The van der Waals surface area contributed by atoms with E-state index < -0.39 is 5.97 Å². The van der Waals surface area contributed by atoms with E-state index in [1.165, 1.54) is 0 Å². The monoisotopic (exact) mass is 353 g/mol. The molecule has 16 heavy (non-hydrogen) atoms. The van der Waals surface area contributed by atoms with Crippen molar-refractivity contribution in [1.29, 1.82) is 0 Å². The third-order valence-corrected chi connectivity index (χ3v) is 3.87. The van der Waals surface area contributed by atoms with Crippen LogP contribution in [0.1, 0.15) is 19.1 Å². The first-order chi connectivity index (χ1) is 7.52.